The van der Waals surface area contributed by atoms with E-state index in [1.807, 2.05) is 37.3 Å². The monoisotopic (exact) mass is 382 g/mol. The zero-order valence-corrected chi connectivity index (χ0v) is 17.6. The second-order valence-corrected chi connectivity index (χ2v) is 8.29. The Bertz CT molecular complexity index is 834. The fraction of sp³-hybridized carbons (Fsp3) is 0.391. The second kappa shape index (κ2) is 8.91. The van der Waals surface area contributed by atoms with Gasteiger partial charge in [-0.05, 0) is 59.2 Å². The summed E-state index contributed by atoms with van der Waals surface area (Å²) in [5, 5.41) is 0. The molecule has 0 unspecified atom stereocenters. The Morgan fingerprint density at radius 3 is 2.18 bits per heavy atom. The van der Waals surface area contributed by atoms with Crippen molar-refractivity contribution in [1.29, 1.82) is 0 Å². The van der Waals surface area contributed by atoms with E-state index in [1.54, 1.807) is 12.1 Å². The van der Waals surface area contributed by atoms with E-state index in [0.717, 1.165) is 11.1 Å². The van der Waals surface area contributed by atoms with Gasteiger partial charge >= 0.3 is 0 Å². The summed E-state index contributed by atoms with van der Waals surface area (Å²) in [5.41, 5.74) is 8.80. The van der Waals surface area contributed by atoms with E-state index >= 15 is 0 Å². The summed E-state index contributed by atoms with van der Waals surface area (Å²) in [5.74, 6) is 0.266. The molecule has 0 aromatic heterocycles. The van der Waals surface area contributed by atoms with E-state index in [2.05, 4.69) is 45.5 Å². The van der Waals surface area contributed by atoms with Crippen LogP contribution in [0, 0.1) is 6.92 Å². The van der Waals surface area contributed by atoms with Crippen LogP contribution in [0.5, 0.6) is 5.75 Å². The van der Waals surface area contributed by atoms with Gasteiger partial charge in [-0.3, -0.25) is 20.4 Å². The molecular formula is C23H30N2O3. The van der Waals surface area contributed by atoms with Crippen LogP contribution in [-0.4, -0.2) is 18.4 Å². The van der Waals surface area contributed by atoms with E-state index in [4.69, 9.17) is 4.74 Å². The van der Waals surface area contributed by atoms with E-state index in [1.165, 1.54) is 5.56 Å². The zero-order valence-electron chi connectivity index (χ0n) is 17.6. The SMILES string of the molecule is Cc1cc(OCC(=O)NNC(=O)c2ccc(C(C)(C)C)cc2)ccc1C(C)C. The predicted octanol–water partition coefficient (Wildman–Crippen LogP) is 4.26. The van der Waals surface area contributed by atoms with Crippen molar-refractivity contribution < 1.29 is 14.3 Å². The van der Waals surface area contributed by atoms with Gasteiger partial charge in [0.25, 0.3) is 11.8 Å². The molecular weight excluding hydrogens is 352 g/mol. The number of amides is 2. The van der Waals surface area contributed by atoms with Crippen LogP contribution in [0.3, 0.4) is 0 Å². The summed E-state index contributed by atoms with van der Waals surface area (Å²) in [6.07, 6.45) is 0. The average molecular weight is 383 g/mol. The van der Waals surface area contributed by atoms with E-state index in [0.29, 0.717) is 17.2 Å². The highest BCUT2D eigenvalue weighted by Gasteiger charge is 2.14. The lowest BCUT2D eigenvalue weighted by Gasteiger charge is -2.19. The van der Waals surface area contributed by atoms with Crippen LogP contribution in [0.4, 0.5) is 0 Å². The molecule has 0 atom stereocenters. The number of benzene rings is 2. The van der Waals surface area contributed by atoms with E-state index in [-0.39, 0.29) is 17.9 Å². The Hall–Kier alpha value is -2.82. The van der Waals surface area contributed by atoms with Gasteiger partial charge in [0.2, 0.25) is 0 Å². The first-order valence-corrected chi connectivity index (χ1v) is 9.51. The highest BCUT2D eigenvalue weighted by atomic mass is 16.5. The molecule has 0 saturated heterocycles. The van der Waals surface area contributed by atoms with Crippen LogP contribution in [0.1, 0.15) is 67.6 Å². The molecule has 0 aliphatic heterocycles. The molecule has 5 heteroatoms. The number of hydrogen-bond acceptors (Lipinski definition) is 3. The second-order valence-electron chi connectivity index (χ2n) is 8.29. The quantitative estimate of drug-likeness (QED) is 0.760. The Labute approximate surface area is 167 Å². The first-order valence-electron chi connectivity index (χ1n) is 9.51. The minimum atomic E-state index is -0.426. The molecule has 28 heavy (non-hydrogen) atoms. The summed E-state index contributed by atoms with van der Waals surface area (Å²) in [6, 6.07) is 13.1. The maximum Gasteiger partial charge on any atom is 0.276 e. The van der Waals surface area contributed by atoms with Crippen LogP contribution in [0.2, 0.25) is 0 Å². The number of nitrogens with one attached hydrogen (secondary N) is 2. The molecule has 0 spiro atoms. The molecule has 0 aliphatic rings. The van der Waals surface area contributed by atoms with Gasteiger partial charge < -0.3 is 4.74 Å². The molecule has 0 radical (unpaired) electrons. The van der Waals surface area contributed by atoms with Crippen LogP contribution in [0.15, 0.2) is 42.5 Å². The molecule has 2 aromatic rings. The van der Waals surface area contributed by atoms with Gasteiger partial charge in [-0.25, -0.2) is 0 Å². The van der Waals surface area contributed by atoms with Crippen LogP contribution >= 0.6 is 0 Å². The summed E-state index contributed by atoms with van der Waals surface area (Å²) in [6.45, 7) is 12.4. The maximum atomic E-state index is 12.2. The standard InChI is InChI=1S/C23H30N2O3/c1-15(2)20-12-11-19(13-16(20)3)28-14-21(26)24-25-22(27)17-7-9-18(10-8-17)23(4,5)6/h7-13,15H,14H2,1-6H3,(H,24,26)(H,25,27). The molecule has 2 N–H and O–H groups in total. The van der Waals surface area contributed by atoms with Gasteiger partial charge in [0.05, 0.1) is 0 Å². The summed E-state index contributed by atoms with van der Waals surface area (Å²) in [4.78, 5) is 24.1. The van der Waals surface area contributed by atoms with E-state index in [9.17, 15) is 9.59 Å². The number of ether oxygens (including phenoxy) is 1. The molecule has 2 amide bonds. The number of rotatable bonds is 5. The van der Waals surface area contributed by atoms with Crippen molar-refractivity contribution in [3.8, 4) is 5.75 Å². The largest absolute Gasteiger partial charge is 0.484 e. The van der Waals surface area contributed by atoms with Gasteiger partial charge in [-0.15, -0.1) is 0 Å². The van der Waals surface area contributed by atoms with Gasteiger partial charge in [-0.1, -0.05) is 52.8 Å². The number of hydrogen-bond donors (Lipinski definition) is 2. The average Bonchev–Trinajstić information content (AvgIpc) is 2.63. The van der Waals surface area contributed by atoms with Crippen molar-refractivity contribution in [2.75, 3.05) is 6.61 Å². The maximum absolute atomic E-state index is 12.2. The molecule has 0 saturated carbocycles. The van der Waals surface area contributed by atoms with Crippen molar-refractivity contribution in [3.63, 3.8) is 0 Å². The van der Waals surface area contributed by atoms with Crippen molar-refractivity contribution in [3.05, 3.63) is 64.7 Å². The fourth-order valence-corrected chi connectivity index (χ4v) is 2.89. The molecule has 2 aromatic carbocycles. The first-order chi connectivity index (χ1) is 13.1. The van der Waals surface area contributed by atoms with Crippen LogP contribution in [-0.2, 0) is 10.2 Å². The van der Waals surface area contributed by atoms with Crippen molar-refractivity contribution in [2.45, 2.75) is 52.9 Å². The highest BCUT2D eigenvalue weighted by molar-refractivity contribution is 5.95. The Morgan fingerprint density at radius 1 is 1.00 bits per heavy atom. The predicted molar refractivity (Wildman–Crippen MR) is 112 cm³/mol. The van der Waals surface area contributed by atoms with Gasteiger partial charge in [0, 0.05) is 5.56 Å². The minimum absolute atomic E-state index is 0.0201. The third-order valence-electron chi connectivity index (χ3n) is 4.56. The lowest BCUT2D eigenvalue weighted by atomic mass is 9.87. The lowest BCUT2D eigenvalue weighted by molar-refractivity contribution is -0.123. The number of aryl methyl sites for hydroxylation is 1. The van der Waals surface area contributed by atoms with Crippen LogP contribution in [0.25, 0.3) is 0 Å². The van der Waals surface area contributed by atoms with Crippen molar-refractivity contribution in [1.82, 2.24) is 10.9 Å². The van der Waals surface area contributed by atoms with Crippen molar-refractivity contribution >= 4 is 11.8 Å². The normalized spacial score (nSPS) is 11.2. The molecule has 2 rings (SSSR count). The number of carbonyl (C=O) groups is 2. The minimum Gasteiger partial charge on any atom is -0.484 e. The highest BCUT2D eigenvalue weighted by Crippen LogP contribution is 2.23. The molecule has 0 aliphatic carbocycles. The Kier molecular flexibility index (Phi) is 6.84. The molecule has 0 fully saturated rings. The van der Waals surface area contributed by atoms with Gasteiger partial charge in [0.15, 0.2) is 6.61 Å². The molecule has 150 valence electrons. The molecule has 5 nitrogen and oxygen atoms in total. The zero-order chi connectivity index (χ0) is 20.9. The van der Waals surface area contributed by atoms with Crippen LogP contribution < -0.4 is 15.6 Å². The molecule has 0 heterocycles. The first kappa shape index (κ1) is 21.5. The third-order valence-corrected chi connectivity index (χ3v) is 4.56. The van der Waals surface area contributed by atoms with Crippen molar-refractivity contribution in [2.24, 2.45) is 0 Å². The smallest absolute Gasteiger partial charge is 0.276 e. The molecule has 0 bridgehead atoms. The summed E-state index contributed by atoms with van der Waals surface area (Å²) in [7, 11) is 0. The van der Waals surface area contributed by atoms with E-state index < -0.39 is 5.91 Å². The Balaban J connectivity index is 1.83. The third kappa shape index (κ3) is 5.84. The van der Waals surface area contributed by atoms with Gasteiger partial charge in [-0.2, -0.15) is 0 Å². The summed E-state index contributed by atoms with van der Waals surface area (Å²) >= 11 is 0. The lowest BCUT2D eigenvalue weighted by Crippen LogP contribution is -2.43. The number of hydrazine groups is 1. The summed E-state index contributed by atoms with van der Waals surface area (Å²) < 4.78 is 5.51. The fourth-order valence-electron chi connectivity index (χ4n) is 2.89. The number of carbonyl (C=O) groups excluding carboxylic acids is 2. The van der Waals surface area contributed by atoms with Gasteiger partial charge in [0.1, 0.15) is 5.75 Å². The topological polar surface area (TPSA) is 67.4 Å². The Morgan fingerprint density at radius 2 is 1.64 bits per heavy atom.